The number of likely N-dealkylation sites (tertiary alicyclic amines) is 1. The minimum Gasteiger partial charge on any atom is -0.497 e. The fourth-order valence-corrected chi connectivity index (χ4v) is 5.77. The zero-order valence-electron chi connectivity index (χ0n) is 23.6. The van der Waals surface area contributed by atoms with Crippen molar-refractivity contribution in [3.63, 3.8) is 0 Å². The Balaban J connectivity index is 0.000000546. The van der Waals surface area contributed by atoms with Crippen LogP contribution >= 0.6 is 0 Å². The monoisotopic (exact) mass is 551 g/mol. The summed E-state index contributed by atoms with van der Waals surface area (Å²) >= 11 is 0. The van der Waals surface area contributed by atoms with Crippen molar-refractivity contribution in [3.8, 4) is 17.6 Å². The molecule has 0 saturated carbocycles. The van der Waals surface area contributed by atoms with Crippen LogP contribution in [0.4, 0.5) is 8.78 Å². The number of hydrogen-bond donors (Lipinski definition) is 2. The Hall–Kier alpha value is -2.79. The van der Waals surface area contributed by atoms with Crippen molar-refractivity contribution >= 4 is 10.9 Å². The molecule has 1 aliphatic carbocycles. The molecule has 2 N–H and O–H groups in total. The number of pyridine rings is 1. The smallest absolute Gasteiger partial charge is 0.283 e. The lowest BCUT2D eigenvalue weighted by molar-refractivity contribution is 0.0301. The van der Waals surface area contributed by atoms with E-state index in [0.29, 0.717) is 12.5 Å². The number of fused-ring (bicyclic) bond motifs is 1. The van der Waals surface area contributed by atoms with Crippen molar-refractivity contribution in [1.29, 1.82) is 0 Å². The first-order valence-corrected chi connectivity index (χ1v) is 14.7. The molecule has 0 bridgehead atoms. The SMILES string of the molecule is C1CCNCC1.COc1ccc2nccc(CCC[C@@H]3CCN(CC#CC4C=CC=CC4(F)F)C[C@@H]3CO)c2c1. The summed E-state index contributed by atoms with van der Waals surface area (Å²) in [7, 11) is 1.67. The summed E-state index contributed by atoms with van der Waals surface area (Å²) in [5.41, 5.74) is 2.24. The van der Waals surface area contributed by atoms with E-state index in [-0.39, 0.29) is 12.5 Å². The van der Waals surface area contributed by atoms with Crippen LogP contribution in [0.5, 0.6) is 5.75 Å². The van der Waals surface area contributed by atoms with Gasteiger partial charge in [0, 0.05) is 24.7 Å². The molecule has 216 valence electrons. The summed E-state index contributed by atoms with van der Waals surface area (Å²) in [5.74, 6) is 3.16. The highest BCUT2D eigenvalue weighted by atomic mass is 19.3. The molecule has 5 nitrogen and oxygen atoms in total. The van der Waals surface area contributed by atoms with Gasteiger partial charge in [0.25, 0.3) is 5.92 Å². The molecule has 1 aromatic carbocycles. The maximum absolute atomic E-state index is 13.9. The van der Waals surface area contributed by atoms with E-state index in [2.05, 4.69) is 33.1 Å². The highest BCUT2D eigenvalue weighted by Crippen LogP contribution is 2.31. The van der Waals surface area contributed by atoms with E-state index in [1.807, 2.05) is 24.4 Å². The molecule has 7 heteroatoms. The van der Waals surface area contributed by atoms with Crippen LogP contribution in [0, 0.1) is 29.6 Å². The average molecular weight is 552 g/mol. The Bertz CT molecular complexity index is 1190. The first kappa shape index (κ1) is 30.2. The third kappa shape index (κ3) is 8.60. The van der Waals surface area contributed by atoms with Crippen molar-refractivity contribution in [1.82, 2.24) is 15.2 Å². The van der Waals surface area contributed by atoms with Gasteiger partial charge in [0.05, 0.1) is 19.2 Å². The number of allylic oxidation sites excluding steroid dienone is 4. The van der Waals surface area contributed by atoms with Crippen LogP contribution in [0.2, 0.25) is 0 Å². The third-order valence-electron chi connectivity index (χ3n) is 8.19. The van der Waals surface area contributed by atoms with E-state index < -0.39 is 11.8 Å². The lowest BCUT2D eigenvalue weighted by Crippen LogP contribution is -2.42. The number of aliphatic hydroxyl groups is 1. The standard InChI is InChI=1S/C28H32F2N2O2.C5H11N/c1-34-25-10-11-27-26(18-25)22(12-15-31-27)7-4-6-21-13-17-32(19-23(21)20-33)16-5-9-24-8-2-3-14-28(24,29)30;1-2-4-6-5-3-1/h2-3,8,10-12,14-15,18,21,23-24,33H,4,6-7,13,16-17,19-20H2,1H3;6H,1-5H2/t21-,23-,24?;/m1./s1. The Morgan fingerprint density at radius 2 is 2.00 bits per heavy atom. The second-order valence-corrected chi connectivity index (χ2v) is 11.0. The molecule has 0 amide bonds. The zero-order valence-corrected chi connectivity index (χ0v) is 23.6. The lowest BCUT2D eigenvalue weighted by Gasteiger charge is -2.37. The molecule has 3 atom stereocenters. The first-order valence-electron chi connectivity index (χ1n) is 14.7. The van der Waals surface area contributed by atoms with Gasteiger partial charge in [-0.25, -0.2) is 8.78 Å². The van der Waals surface area contributed by atoms with Crippen LogP contribution in [-0.2, 0) is 6.42 Å². The minimum absolute atomic E-state index is 0.137. The van der Waals surface area contributed by atoms with Gasteiger partial charge in [-0.3, -0.25) is 9.88 Å². The van der Waals surface area contributed by atoms with E-state index in [1.54, 1.807) is 13.2 Å². The number of ether oxygens (including phenoxy) is 1. The van der Waals surface area contributed by atoms with Crippen LogP contribution in [0.15, 0.2) is 54.8 Å². The molecule has 0 spiro atoms. The number of alkyl halides is 2. The Morgan fingerprint density at radius 1 is 1.15 bits per heavy atom. The highest BCUT2D eigenvalue weighted by Gasteiger charge is 2.35. The molecular formula is C33H43F2N3O2. The van der Waals surface area contributed by atoms with Gasteiger partial charge in [0.15, 0.2) is 0 Å². The summed E-state index contributed by atoms with van der Waals surface area (Å²) < 4.78 is 33.1. The van der Waals surface area contributed by atoms with Crippen LogP contribution in [0.3, 0.4) is 0 Å². The molecule has 2 aromatic rings. The van der Waals surface area contributed by atoms with Crippen molar-refractivity contribution < 1.29 is 18.6 Å². The summed E-state index contributed by atoms with van der Waals surface area (Å²) in [6.07, 6.45) is 15.4. The van der Waals surface area contributed by atoms with Crippen molar-refractivity contribution in [2.24, 2.45) is 17.8 Å². The average Bonchev–Trinajstić information content (AvgIpc) is 2.99. The molecule has 2 aliphatic heterocycles. The lowest BCUT2D eigenvalue weighted by atomic mass is 9.82. The maximum Gasteiger partial charge on any atom is 0.283 e. The molecule has 40 heavy (non-hydrogen) atoms. The Morgan fingerprint density at radius 3 is 2.70 bits per heavy atom. The predicted octanol–water partition coefficient (Wildman–Crippen LogP) is 5.64. The first-order chi connectivity index (χ1) is 19.5. The van der Waals surface area contributed by atoms with Crippen molar-refractivity contribution in [3.05, 3.63) is 60.3 Å². The van der Waals surface area contributed by atoms with Crippen LogP contribution in [-0.4, -0.2) is 67.4 Å². The number of nitrogens with one attached hydrogen (secondary N) is 1. The number of aliphatic hydroxyl groups excluding tert-OH is 1. The van der Waals surface area contributed by atoms with Crippen molar-refractivity contribution in [2.75, 3.05) is 46.4 Å². The quantitative estimate of drug-likeness (QED) is 0.437. The number of methoxy groups -OCH3 is 1. The fourth-order valence-electron chi connectivity index (χ4n) is 5.77. The largest absolute Gasteiger partial charge is 0.497 e. The van der Waals surface area contributed by atoms with E-state index >= 15 is 0 Å². The predicted molar refractivity (Wildman–Crippen MR) is 158 cm³/mol. The molecule has 3 aliphatic rings. The van der Waals surface area contributed by atoms with Gasteiger partial charge in [-0.15, -0.1) is 0 Å². The number of hydrogen-bond acceptors (Lipinski definition) is 5. The second kappa shape index (κ2) is 15.3. The molecule has 5 rings (SSSR count). The van der Waals surface area contributed by atoms with E-state index in [0.717, 1.165) is 61.5 Å². The van der Waals surface area contributed by atoms with E-state index in [1.165, 1.54) is 50.1 Å². The summed E-state index contributed by atoms with van der Waals surface area (Å²) in [4.78, 5) is 6.63. The molecule has 1 aromatic heterocycles. The maximum atomic E-state index is 13.9. The summed E-state index contributed by atoms with van der Waals surface area (Å²) in [6.45, 7) is 4.72. The number of halogens is 2. The topological polar surface area (TPSA) is 57.6 Å². The van der Waals surface area contributed by atoms with Gasteiger partial charge in [0.1, 0.15) is 11.7 Å². The summed E-state index contributed by atoms with van der Waals surface area (Å²) in [5, 5.41) is 14.4. The van der Waals surface area contributed by atoms with Gasteiger partial charge in [0.2, 0.25) is 0 Å². The van der Waals surface area contributed by atoms with Gasteiger partial charge in [-0.05, 0) is 106 Å². The Kier molecular flexibility index (Phi) is 11.5. The fraction of sp³-hybridized carbons (Fsp3) is 0.545. The molecule has 0 radical (unpaired) electrons. The molecule has 2 fully saturated rings. The third-order valence-corrected chi connectivity index (χ3v) is 8.19. The Labute approximate surface area is 237 Å². The van der Waals surface area contributed by atoms with Crippen LogP contribution in [0.25, 0.3) is 10.9 Å². The zero-order chi connectivity index (χ0) is 28.2. The molecular weight excluding hydrogens is 508 g/mol. The van der Waals surface area contributed by atoms with Gasteiger partial charge in [-0.1, -0.05) is 36.5 Å². The number of rotatable bonds is 7. The van der Waals surface area contributed by atoms with E-state index in [9.17, 15) is 13.9 Å². The second-order valence-electron chi connectivity index (χ2n) is 11.0. The normalized spacial score (nSPS) is 24.1. The molecule has 1 unspecified atom stereocenters. The number of aryl methyl sites for hydroxylation is 1. The van der Waals surface area contributed by atoms with E-state index in [4.69, 9.17) is 4.74 Å². The number of piperidine rings is 2. The number of benzene rings is 1. The molecule has 2 saturated heterocycles. The number of nitrogens with zero attached hydrogens (tertiary/aromatic N) is 2. The van der Waals surface area contributed by atoms with Gasteiger partial charge < -0.3 is 15.2 Å². The van der Waals surface area contributed by atoms with Crippen LogP contribution < -0.4 is 10.1 Å². The van der Waals surface area contributed by atoms with Gasteiger partial charge in [-0.2, -0.15) is 0 Å². The van der Waals surface area contributed by atoms with Crippen LogP contribution in [0.1, 0.15) is 44.1 Å². The van der Waals surface area contributed by atoms with Gasteiger partial charge >= 0.3 is 0 Å². The minimum atomic E-state index is -2.91. The van der Waals surface area contributed by atoms with Crippen molar-refractivity contribution in [2.45, 2.75) is 50.9 Å². The highest BCUT2D eigenvalue weighted by molar-refractivity contribution is 5.83. The number of aromatic nitrogens is 1. The summed E-state index contributed by atoms with van der Waals surface area (Å²) in [6, 6.07) is 8.04. The molecule has 3 heterocycles.